The van der Waals surface area contributed by atoms with Gasteiger partial charge in [0.2, 0.25) is 0 Å². The first kappa shape index (κ1) is 12.4. The first-order valence-electron chi connectivity index (χ1n) is 5.89. The number of hydrogen-bond acceptors (Lipinski definition) is 3. The maximum absolute atomic E-state index is 12.0. The van der Waals surface area contributed by atoms with Crippen molar-refractivity contribution in [3.8, 4) is 0 Å². The zero-order chi connectivity index (χ0) is 13.1. The molecule has 1 N–H and O–H groups in total. The lowest BCUT2D eigenvalue weighted by Gasteiger charge is -2.12. The van der Waals surface area contributed by atoms with Crippen molar-refractivity contribution in [3.05, 3.63) is 41.6 Å². The molecule has 2 rings (SSSR count). The molecule has 2 aromatic heterocycles. The van der Waals surface area contributed by atoms with E-state index in [0.717, 1.165) is 11.5 Å². The van der Waals surface area contributed by atoms with E-state index < -0.39 is 0 Å². The summed E-state index contributed by atoms with van der Waals surface area (Å²) in [6.07, 6.45) is 3.90. The third-order valence-electron chi connectivity index (χ3n) is 2.94. The highest BCUT2D eigenvalue weighted by Crippen LogP contribution is 2.08. The number of amides is 1. The van der Waals surface area contributed by atoms with Crippen LogP contribution in [0.3, 0.4) is 0 Å². The Morgan fingerprint density at radius 1 is 1.61 bits per heavy atom. The van der Waals surface area contributed by atoms with E-state index in [1.54, 1.807) is 17.1 Å². The van der Waals surface area contributed by atoms with Gasteiger partial charge in [0.1, 0.15) is 5.76 Å². The molecule has 0 aliphatic rings. The molecule has 0 bridgehead atoms. The van der Waals surface area contributed by atoms with Crippen molar-refractivity contribution in [2.45, 2.75) is 26.3 Å². The van der Waals surface area contributed by atoms with Gasteiger partial charge < -0.3 is 9.73 Å². The minimum atomic E-state index is -0.0975. The molecule has 0 aliphatic carbocycles. The predicted octanol–water partition coefficient (Wildman–Crippen LogP) is 1.68. The standard InChI is InChI=1S/C13H17N3O2/c1-9(7-11-5-4-6-18-11)15-13(17)12-8-14-16(3)10(12)2/h4-6,8-9H,7H2,1-3H3,(H,15,17)/t9-/m0/s1. The summed E-state index contributed by atoms with van der Waals surface area (Å²) in [5, 5.41) is 6.99. The molecule has 0 saturated heterocycles. The summed E-state index contributed by atoms with van der Waals surface area (Å²) < 4.78 is 6.94. The number of aryl methyl sites for hydroxylation is 1. The van der Waals surface area contributed by atoms with Gasteiger partial charge in [0.25, 0.3) is 5.91 Å². The average molecular weight is 247 g/mol. The number of nitrogens with one attached hydrogen (secondary N) is 1. The average Bonchev–Trinajstić information content (AvgIpc) is 2.91. The van der Waals surface area contributed by atoms with Crippen LogP contribution in [0.2, 0.25) is 0 Å². The Kier molecular flexibility index (Phi) is 3.50. The van der Waals surface area contributed by atoms with Crippen LogP contribution in [-0.2, 0) is 13.5 Å². The SMILES string of the molecule is Cc1c(C(=O)N[C@@H](C)Cc2ccco2)cnn1C. The largest absolute Gasteiger partial charge is 0.469 e. The lowest BCUT2D eigenvalue weighted by molar-refractivity contribution is 0.0938. The van der Waals surface area contributed by atoms with Gasteiger partial charge in [-0.15, -0.1) is 0 Å². The molecule has 0 spiro atoms. The Morgan fingerprint density at radius 2 is 2.39 bits per heavy atom. The number of rotatable bonds is 4. The fourth-order valence-electron chi connectivity index (χ4n) is 1.80. The molecule has 2 aromatic rings. The molecule has 5 heteroatoms. The topological polar surface area (TPSA) is 60.1 Å². The van der Waals surface area contributed by atoms with Gasteiger partial charge in [-0.25, -0.2) is 0 Å². The van der Waals surface area contributed by atoms with E-state index in [-0.39, 0.29) is 11.9 Å². The highest BCUT2D eigenvalue weighted by molar-refractivity contribution is 5.95. The summed E-state index contributed by atoms with van der Waals surface area (Å²) in [7, 11) is 1.82. The van der Waals surface area contributed by atoms with Gasteiger partial charge in [0, 0.05) is 25.2 Å². The van der Waals surface area contributed by atoms with Crippen LogP contribution in [0.25, 0.3) is 0 Å². The molecule has 2 heterocycles. The molecular weight excluding hydrogens is 230 g/mol. The monoisotopic (exact) mass is 247 g/mol. The minimum Gasteiger partial charge on any atom is -0.469 e. The molecule has 96 valence electrons. The third kappa shape index (κ3) is 2.61. The number of carbonyl (C=O) groups is 1. The van der Waals surface area contributed by atoms with Crippen LogP contribution in [0, 0.1) is 6.92 Å². The van der Waals surface area contributed by atoms with Crippen molar-refractivity contribution in [2.24, 2.45) is 7.05 Å². The van der Waals surface area contributed by atoms with Crippen molar-refractivity contribution in [1.29, 1.82) is 0 Å². The summed E-state index contributed by atoms with van der Waals surface area (Å²) in [6, 6.07) is 3.76. The highest BCUT2D eigenvalue weighted by atomic mass is 16.3. The molecule has 5 nitrogen and oxygen atoms in total. The fraction of sp³-hybridized carbons (Fsp3) is 0.385. The van der Waals surface area contributed by atoms with Crippen molar-refractivity contribution < 1.29 is 9.21 Å². The predicted molar refractivity (Wildman–Crippen MR) is 67.3 cm³/mol. The number of carbonyl (C=O) groups excluding carboxylic acids is 1. The number of hydrogen-bond donors (Lipinski definition) is 1. The number of nitrogens with zero attached hydrogens (tertiary/aromatic N) is 2. The Hall–Kier alpha value is -2.04. The molecule has 0 aliphatic heterocycles. The fourth-order valence-corrected chi connectivity index (χ4v) is 1.80. The maximum Gasteiger partial charge on any atom is 0.254 e. The van der Waals surface area contributed by atoms with E-state index in [1.165, 1.54) is 0 Å². The molecule has 0 fully saturated rings. The van der Waals surface area contributed by atoms with Gasteiger partial charge in [-0.2, -0.15) is 5.10 Å². The molecular formula is C13H17N3O2. The summed E-state index contributed by atoms with van der Waals surface area (Å²) in [5.41, 5.74) is 1.47. The van der Waals surface area contributed by atoms with Crippen molar-refractivity contribution >= 4 is 5.91 Å². The normalized spacial score (nSPS) is 12.4. The molecule has 1 amide bonds. The van der Waals surface area contributed by atoms with Crippen LogP contribution in [0.4, 0.5) is 0 Å². The number of furan rings is 1. The summed E-state index contributed by atoms with van der Waals surface area (Å²) in [5.74, 6) is 0.769. The zero-order valence-electron chi connectivity index (χ0n) is 10.8. The van der Waals surface area contributed by atoms with Gasteiger partial charge in [-0.05, 0) is 26.0 Å². The zero-order valence-corrected chi connectivity index (χ0v) is 10.8. The van der Waals surface area contributed by atoms with E-state index in [1.807, 2.05) is 33.0 Å². The van der Waals surface area contributed by atoms with Gasteiger partial charge >= 0.3 is 0 Å². The van der Waals surface area contributed by atoms with E-state index in [0.29, 0.717) is 12.0 Å². The third-order valence-corrected chi connectivity index (χ3v) is 2.94. The van der Waals surface area contributed by atoms with Gasteiger partial charge in [0.15, 0.2) is 0 Å². The Morgan fingerprint density at radius 3 is 2.94 bits per heavy atom. The number of aromatic nitrogens is 2. The first-order valence-corrected chi connectivity index (χ1v) is 5.89. The molecule has 1 atom stereocenters. The lowest BCUT2D eigenvalue weighted by atomic mass is 10.1. The van der Waals surface area contributed by atoms with E-state index >= 15 is 0 Å². The maximum atomic E-state index is 12.0. The second-order valence-corrected chi connectivity index (χ2v) is 4.43. The molecule has 0 aromatic carbocycles. The Bertz CT molecular complexity index is 528. The van der Waals surface area contributed by atoms with Crippen molar-refractivity contribution in [2.75, 3.05) is 0 Å². The van der Waals surface area contributed by atoms with Gasteiger partial charge in [-0.1, -0.05) is 0 Å². The highest BCUT2D eigenvalue weighted by Gasteiger charge is 2.15. The minimum absolute atomic E-state index is 0.0169. The molecule has 0 unspecified atom stereocenters. The van der Waals surface area contributed by atoms with Crippen molar-refractivity contribution in [3.63, 3.8) is 0 Å². The smallest absolute Gasteiger partial charge is 0.254 e. The second-order valence-electron chi connectivity index (χ2n) is 4.43. The van der Waals surface area contributed by atoms with Crippen LogP contribution < -0.4 is 5.32 Å². The summed E-state index contributed by atoms with van der Waals surface area (Å²) in [4.78, 5) is 12.0. The summed E-state index contributed by atoms with van der Waals surface area (Å²) in [6.45, 7) is 3.82. The van der Waals surface area contributed by atoms with Crippen LogP contribution in [0.15, 0.2) is 29.0 Å². The van der Waals surface area contributed by atoms with E-state index in [2.05, 4.69) is 10.4 Å². The van der Waals surface area contributed by atoms with Crippen LogP contribution in [0.5, 0.6) is 0 Å². The Balaban J connectivity index is 1.97. The summed E-state index contributed by atoms with van der Waals surface area (Å²) >= 11 is 0. The van der Waals surface area contributed by atoms with Gasteiger partial charge in [0.05, 0.1) is 18.0 Å². The molecule has 0 radical (unpaired) electrons. The van der Waals surface area contributed by atoms with Crippen LogP contribution >= 0.6 is 0 Å². The Labute approximate surface area is 106 Å². The lowest BCUT2D eigenvalue weighted by Crippen LogP contribution is -2.34. The second kappa shape index (κ2) is 5.08. The van der Waals surface area contributed by atoms with Crippen LogP contribution in [0.1, 0.15) is 28.7 Å². The van der Waals surface area contributed by atoms with Gasteiger partial charge in [-0.3, -0.25) is 9.48 Å². The van der Waals surface area contributed by atoms with Crippen molar-refractivity contribution in [1.82, 2.24) is 15.1 Å². The molecule has 0 saturated carbocycles. The van der Waals surface area contributed by atoms with E-state index in [9.17, 15) is 4.79 Å². The van der Waals surface area contributed by atoms with E-state index in [4.69, 9.17) is 4.42 Å². The first-order chi connectivity index (χ1) is 8.58. The quantitative estimate of drug-likeness (QED) is 0.894. The van der Waals surface area contributed by atoms with Crippen LogP contribution in [-0.4, -0.2) is 21.7 Å². The molecule has 18 heavy (non-hydrogen) atoms.